The molecule has 188 valence electrons. The minimum atomic E-state index is 0.652. The van der Waals surface area contributed by atoms with Crippen LogP contribution in [0.2, 0.25) is 0 Å². The number of aromatic amines is 2. The molecule has 0 radical (unpaired) electrons. The lowest BCUT2D eigenvalue weighted by Gasteiger charge is -2.15. The Hall–Kier alpha value is -4.63. The van der Waals surface area contributed by atoms with Gasteiger partial charge in [0.2, 0.25) is 0 Å². The first-order chi connectivity index (χ1) is 18.8. The van der Waals surface area contributed by atoms with E-state index in [2.05, 4.69) is 52.1 Å². The van der Waals surface area contributed by atoms with Crippen LogP contribution in [0.1, 0.15) is 12.8 Å². The Kier molecular flexibility index (Phi) is 5.75. The predicted molar refractivity (Wildman–Crippen MR) is 147 cm³/mol. The first kappa shape index (κ1) is 22.6. The van der Waals surface area contributed by atoms with E-state index in [-0.39, 0.29) is 0 Å². The maximum Gasteiger partial charge on any atom is 0.181 e. The van der Waals surface area contributed by atoms with Crippen molar-refractivity contribution in [2.45, 2.75) is 12.8 Å². The van der Waals surface area contributed by atoms with Crippen LogP contribution in [0.4, 0.5) is 0 Å². The molecule has 7 rings (SSSR count). The first-order valence-electron chi connectivity index (χ1n) is 12.8. The highest BCUT2D eigenvalue weighted by Gasteiger charge is 2.16. The summed E-state index contributed by atoms with van der Waals surface area (Å²) >= 11 is 0. The lowest BCUT2D eigenvalue weighted by molar-refractivity contribution is 0.237. The smallest absolute Gasteiger partial charge is 0.181 e. The Balaban J connectivity index is 1.20. The molecule has 0 unspecified atom stereocenters. The normalized spacial score (nSPS) is 14.0. The topological polar surface area (TPSA) is 108 Å². The lowest BCUT2D eigenvalue weighted by atomic mass is 10.1. The molecule has 9 heteroatoms. The number of rotatable bonds is 7. The number of ether oxygens (including phenoxy) is 1. The van der Waals surface area contributed by atoms with Gasteiger partial charge in [0, 0.05) is 70.5 Å². The molecule has 0 spiro atoms. The monoisotopic (exact) mass is 502 g/mol. The van der Waals surface area contributed by atoms with Gasteiger partial charge >= 0.3 is 0 Å². The van der Waals surface area contributed by atoms with Gasteiger partial charge in [-0.15, -0.1) is 0 Å². The fraction of sp³-hybridized carbons (Fsp3) is 0.207. The quantitative estimate of drug-likeness (QED) is 0.313. The predicted octanol–water partition coefficient (Wildman–Crippen LogP) is 5.10. The fourth-order valence-corrected chi connectivity index (χ4v) is 5.14. The van der Waals surface area contributed by atoms with Crippen LogP contribution in [0.5, 0.6) is 5.75 Å². The van der Waals surface area contributed by atoms with Crippen molar-refractivity contribution in [3.63, 3.8) is 0 Å². The Morgan fingerprint density at radius 1 is 0.842 bits per heavy atom. The number of hydrogen-bond acceptors (Lipinski definition) is 7. The summed E-state index contributed by atoms with van der Waals surface area (Å²) in [4.78, 5) is 23.9. The molecule has 9 nitrogen and oxygen atoms in total. The molecule has 2 N–H and O–H groups in total. The third-order valence-electron chi connectivity index (χ3n) is 7.08. The number of nitrogens with zero attached hydrogens (tertiary/aromatic N) is 6. The number of hydrogen-bond donors (Lipinski definition) is 2. The second kappa shape index (κ2) is 9.68. The lowest BCUT2D eigenvalue weighted by Crippen LogP contribution is -2.25. The van der Waals surface area contributed by atoms with Gasteiger partial charge in [-0.2, -0.15) is 5.10 Å². The van der Waals surface area contributed by atoms with Crippen molar-refractivity contribution in [2.24, 2.45) is 0 Å². The standard InChI is InChI=1S/C29H26N8O/c1-2-9-37(8-1)10-11-38-22-12-20(16-31-18-22)21-13-24-28(35-36-29(24)33-17-21)26-14-23-25(34-26)5-7-32-27(23)19-4-3-6-30-15-19/h3-7,12-18,34H,1-2,8-11H2,(H,33,35,36). The van der Waals surface area contributed by atoms with Gasteiger partial charge in [-0.1, -0.05) is 0 Å². The molecule has 6 aromatic heterocycles. The van der Waals surface area contributed by atoms with Gasteiger partial charge in [0.1, 0.15) is 12.4 Å². The van der Waals surface area contributed by atoms with Gasteiger partial charge in [-0.3, -0.25) is 25.0 Å². The third kappa shape index (κ3) is 4.26. The molecule has 1 saturated heterocycles. The Labute approximate surface area is 219 Å². The largest absolute Gasteiger partial charge is 0.491 e. The van der Waals surface area contributed by atoms with Crippen LogP contribution in [-0.4, -0.2) is 66.3 Å². The molecule has 1 aliphatic rings. The second-order valence-electron chi connectivity index (χ2n) is 9.55. The van der Waals surface area contributed by atoms with Crippen molar-refractivity contribution in [2.75, 3.05) is 26.2 Å². The molecule has 0 aromatic carbocycles. The summed E-state index contributed by atoms with van der Waals surface area (Å²) in [5.74, 6) is 0.764. The van der Waals surface area contributed by atoms with Crippen LogP contribution in [0.15, 0.2) is 73.6 Å². The highest BCUT2D eigenvalue weighted by Crippen LogP contribution is 2.34. The van der Waals surface area contributed by atoms with Crippen molar-refractivity contribution in [1.82, 2.24) is 40.0 Å². The van der Waals surface area contributed by atoms with E-state index in [4.69, 9.17) is 4.74 Å². The van der Waals surface area contributed by atoms with Crippen molar-refractivity contribution >= 4 is 21.9 Å². The number of nitrogens with one attached hydrogen (secondary N) is 2. The molecule has 0 aliphatic carbocycles. The van der Waals surface area contributed by atoms with Crippen molar-refractivity contribution < 1.29 is 4.74 Å². The maximum atomic E-state index is 6.02. The van der Waals surface area contributed by atoms with E-state index in [0.29, 0.717) is 12.3 Å². The number of aromatic nitrogens is 7. The molecule has 6 aromatic rings. The molecular formula is C29H26N8O. The average molecular weight is 503 g/mol. The SMILES string of the molecule is c1cncc(-c2nccc3[nH]c(-c4[nH]nc5ncc(-c6cncc(OCCN7CCCC7)c6)cc45)cc23)c1. The van der Waals surface area contributed by atoms with Gasteiger partial charge in [-0.25, -0.2) is 4.98 Å². The van der Waals surface area contributed by atoms with E-state index in [1.807, 2.05) is 49.1 Å². The summed E-state index contributed by atoms with van der Waals surface area (Å²) in [5.41, 5.74) is 7.18. The summed E-state index contributed by atoms with van der Waals surface area (Å²) in [6.45, 7) is 3.93. The van der Waals surface area contributed by atoms with Crippen LogP contribution in [-0.2, 0) is 0 Å². The number of fused-ring (bicyclic) bond motifs is 2. The Bertz CT molecular complexity index is 1720. The zero-order valence-electron chi connectivity index (χ0n) is 20.8. The number of likely N-dealkylation sites (tertiary alicyclic amines) is 1. The molecule has 0 atom stereocenters. The van der Waals surface area contributed by atoms with E-state index >= 15 is 0 Å². The van der Waals surface area contributed by atoms with Gasteiger partial charge in [0.25, 0.3) is 0 Å². The van der Waals surface area contributed by atoms with Crippen LogP contribution in [0.3, 0.4) is 0 Å². The minimum Gasteiger partial charge on any atom is -0.491 e. The molecule has 0 saturated carbocycles. The van der Waals surface area contributed by atoms with E-state index in [1.54, 1.807) is 12.4 Å². The van der Waals surface area contributed by atoms with E-state index in [0.717, 1.165) is 75.4 Å². The van der Waals surface area contributed by atoms with Crippen molar-refractivity contribution in [3.8, 4) is 39.5 Å². The van der Waals surface area contributed by atoms with Gasteiger partial charge in [0.05, 0.1) is 23.3 Å². The van der Waals surface area contributed by atoms with Crippen molar-refractivity contribution in [3.05, 3.63) is 73.6 Å². The fourth-order valence-electron chi connectivity index (χ4n) is 5.14. The molecule has 1 aliphatic heterocycles. The van der Waals surface area contributed by atoms with Crippen LogP contribution < -0.4 is 4.74 Å². The second-order valence-corrected chi connectivity index (χ2v) is 9.55. The van der Waals surface area contributed by atoms with Gasteiger partial charge < -0.3 is 9.72 Å². The number of H-pyrrole nitrogens is 2. The molecule has 0 amide bonds. The third-order valence-corrected chi connectivity index (χ3v) is 7.08. The summed E-state index contributed by atoms with van der Waals surface area (Å²) in [5, 5.41) is 9.56. The highest BCUT2D eigenvalue weighted by molar-refractivity contribution is 5.99. The molecule has 7 heterocycles. The minimum absolute atomic E-state index is 0.652. The zero-order valence-corrected chi connectivity index (χ0v) is 20.8. The highest BCUT2D eigenvalue weighted by atomic mass is 16.5. The summed E-state index contributed by atoms with van der Waals surface area (Å²) in [7, 11) is 0. The summed E-state index contributed by atoms with van der Waals surface area (Å²) in [6.07, 6.45) is 13.4. The zero-order chi connectivity index (χ0) is 25.3. The Morgan fingerprint density at radius 2 is 1.74 bits per heavy atom. The van der Waals surface area contributed by atoms with E-state index in [1.165, 1.54) is 12.8 Å². The summed E-state index contributed by atoms with van der Waals surface area (Å²) in [6, 6.07) is 12.1. The van der Waals surface area contributed by atoms with Crippen LogP contribution in [0, 0.1) is 0 Å². The molecule has 38 heavy (non-hydrogen) atoms. The number of pyridine rings is 4. The molecule has 1 fully saturated rings. The summed E-state index contributed by atoms with van der Waals surface area (Å²) < 4.78 is 6.02. The van der Waals surface area contributed by atoms with Crippen LogP contribution in [0.25, 0.3) is 55.7 Å². The maximum absolute atomic E-state index is 6.02. The van der Waals surface area contributed by atoms with Crippen LogP contribution >= 0.6 is 0 Å². The van der Waals surface area contributed by atoms with E-state index in [9.17, 15) is 0 Å². The molecule has 0 bridgehead atoms. The van der Waals surface area contributed by atoms with Crippen molar-refractivity contribution in [1.29, 1.82) is 0 Å². The first-order valence-corrected chi connectivity index (χ1v) is 12.8. The molecular weight excluding hydrogens is 476 g/mol. The Morgan fingerprint density at radius 3 is 2.63 bits per heavy atom. The van der Waals surface area contributed by atoms with Gasteiger partial charge in [0.15, 0.2) is 5.65 Å². The van der Waals surface area contributed by atoms with E-state index < -0.39 is 0 Å². The van der Waals surface area contributed by atoms with Gasteiger partial charge in [-0.05, 0) is 62.3 Å². The average Bonchev–Trinajstić information content (AvgIpc) is 3.73.